The van der Waals surface area contributed by atoms with Crippen LogP contribution in [0.3, 0.4) is 0 Å². The molecular formula is C73H50N2. The molecule has 0 saturated carbocycles. The van der Waals surface area contributed by atoms with Gasteiger partial charge in [0.05, 0.1) is 16.4 Å². The molecule has 1 aliphatic carbocycles. The molecule has 0 atom stereocenters. The van der Waals surface area contributed by atoms with Crippen LogP contribution in [-0.4, -0.2) is 4.57 Å². The summed E-state index contributed by atoms with van der Waals surface area (Å²) in [5.41, 5.74) is 23.3. The zero-order chi connectivity index (χ0) is 49.7. The van der Waals surface area contributed by atoms with Gasteiger partial charge in [0.1, 0.15) is 0 Å². The van der Waals surface area contributed by atoms with Crippen molar-refractivity contribution >= 4 is 38.9 Å². The first-order valence-electron chi connectivity index (χ1n) is 25.9. The molecular weight excluding hydrogens is 905 g/mol. The van der Waals surface area contributed by atoms with Crippen molar-refractivity contribution in [3.05, 3.63) is 326 Å². The summed E-state index contributed by atoms with van der Waals surface area (Å²) in [6.07, 6.45) is 0. The monoisotopic (exact) mass is 954 g/mol. The Morgan fingerprint density at radius 1 is 0.253 bits per heavy atom. The first-order valence-corrected chi connectivity index (χ1v) is 25.9. The number of nitrogens with zero attached hydrogens (tertiary/aromatic N) is 2. The highest BCUT2D eigenvalue weighted by atomic mass is 15.1. The van der Waals surface area contributed by atoms with E-state index in [-0.39, 0.29) is 0 Å². The van der Waals surface area contributed by atoms with Crippen LogP contribution in [-0.2, 0) is 5.41 Å². The van der Waals surface area contributed by atoms with Gasteiger partial charge in [-0.25, -0.2) is 0 Å². The summed E-state index contributed by atoms with van der Waals surface area (Å²) in [4.78, 5) is 2.42. The maximum Gasteiger partial charge on any atom is 0.0714 e. The molecule has 75 heavy (non-hydrogen) atoms. The van der Waals surface area contributed by atoms with E-state index in [0.717, 1.165) is 33.9 Å². The molecule has 12 aromatic carbocycles. The van der Waals surface area contributed by atoms with E-state index >= 15 is 0 Å². The second-order valence-corrected chi connectivity index (χ2v) is 19.6. The van der Waals surface area contributed by atoms with Crippen LogP contribution in [0.5, 0.6) is 0 Å². The Bertz CT molecular complexity index is 4120. The molecule has 0 N–H and O–H groups in total. The van der Waals surface area contributed by atoms with Crippen LogP contribution in [0.4, 0.5) is 17.1 Å². The molecule has 0 unspecified atom stereocenters. The molecule has 2 heteroatoms. The van der Waals surface area contributed by atoms with E-state index in [1.54, 1.807) is 0 Å². The van der Waals surface area contributed by atoms with Gasteiger partial charge in [0.25, 0.3) is 0 Å². The Kier molecular flexibility index (Phi) is 10.8. The Morgan fingerprint density at radius 3 is 1.39 bits per heavy atom. The van der Waals surface area contributed by atoms with Crippen molar-refractivity contribution in [1.82, 2.24) is 4.57 Å². The number of aromatic nitrogens is 1. The SMILES string of the molecule is c1ccc(-c2cc(-c3ccccc3)cc(-n3c4ccccc4c4cc(-c5cccc(-c6cccc(N(c7ccccc7)c7ccc8c(c7)C(c7ccccc7)(c7ccccc7)c7ccccc7-8)c6)c5)ccc43)c2)cc1. The Balaban J connectivity index is 0.870. The number of hydrogen-bond acceptors (Lipinski definition) is 1. The summed E-state index contributed by atoms with van der Waals surface area (Å²) in [5, 5.41) is 2.45. The molecule has 0 amide bonds. The number of fused-ring (bicyclic) bond motifs is 6. The Labute approximate surface area is 438 Å². The highest BCUT2D eigenvalue weighted by Crippen LogP contribution is 2.57. The lowest BCUT2D eigenvalue weighted by Crippen LogP contribution is -2.28. The minimum atomic E-state index is -0.508. The fraction of sp³-hybridized carbons (Fsp3) is 0.0137. The van der Waals surface area contributed by atoms with Crippen LogP contribution in [0, 0.1) is 0 Å². The largest absolute Gasteiger partial charge is 0.310 e. The molecule has 1 aromatic heterocycles. The molecule has 0 radical (unpaired) electrons. The second-order valence-electron chi connectivity index (χ2n) is 19.6. The van der Waals surface area contributed by atoms with Crippen molar-refractivity contribution in [2.24, 2.45) is 0 Å². The van der Waals surface area contributed by atoms with Gasteiger partial charge in [-0.05, 0) is 157 Å². The number of hydrogen-bond donors (Lipinski definition) is 0. The Hall–Kier alpha value is -9.76. The number of rotatable bonds is 10. The molecule has 2 nitrogen and oxygen atoms in total. The van der Waals surface area contributed by atoms with Gasteiger partial charge >= 0.3 is 0 Å². The lowest BCUT2D eigenvalue weighted by Gasteiger charge is -2.35. The fourth-order valence-electron chi connectivity index (χ4n) is 12.1. The molecule has 1 aliphatic rings. The minimum Gasteiger partial charge on any atom is -0.310 e. The smallest absolute Gasteiger partial charge is 0.0714 e. The van der Waals surface area contributed by atoms with E-state index in [9.17, 15) is 0 Å². The van der Waals surface area contributed by atoms with Gasteiger partial charge in [-0.2, -0.15) is 0 Å². The molecule has 352 valence electrons. The third kappa shape index (κ3) is 7.49. The van der Waals surface area contributed by atoms with Gasteiger partial charge < -0.3 is 9.47 Å². The molecule has 13 aromatic rings. The average molecular weight is 955 g/mol. The first-order chi connectivity index (χ1) is 37.2. The number of para-hydroxylation sites is 2. The molecule has 0 saturated heterocycles. The maximum atomic E-state index is 2.45. The van der Waals surface area contributed by atoms with Crippen LogP contribution < -0.4 is 4.90 Å². The highest BCUT2D eigenvalue weighted by molar-refractivity contribution is 6.10. The van der Waals surface area contributed by atoms with Crippen LogP contribution in [0.15, 0.2) is 303 Å². The summed E-state index contributed by atoms with van der Waals surface area (Å²) >= 11 is 0. The van der Waals surface area contributed by atoms with Crippen LogP contribution in [0.2, 0.25) is 0 Å². The predicted octanol–water partition coefficient (Wildman–Crippen LogP) is 19.3. The van der Waals surface area contributed by atoms with Gasteiger partial charge in [0, 0.05) is 33.5 Å². The van der Waals surface area contributed by atoms with E-state index in [1.165, 1.54) is 88.6 Å². The summed E-state index contributed by atoms with van der Waals surface area (Å²) in [5.74, 6) is 0. The summed E-state index contributed by atoms with van der Waals surface area (Å²) in [6.45, 7) is 0. The third-order valence-electron chi connectivity index (χ3n) is 15.4. The van der Waals surface area contributed by atoms with Crippen LogP contribution in [0.1, 0.15) is 22.3 Å². The summed E-state index contributed by atoms with van der Waals surface area (Å²) in [7, 11) is 0. The second kappa shape index (κ2) is 18.4. The van der Waals surface area contributed by atoms with E-state index in [1.807, 2.05) is 0 Å². The van der Waals surface area contributed by atoms with Crippen molar-refractivity contribution in [3.63, 3.8) is 0 Å². The maximum absolute atomic E-state index is 2.45. The molecule has 0 bridgehead atoms. The first kappa shape index (κ1) is 44.0. The van der Waals surface area contributed by atoms with Crippen molar-refractivity contribution in [3.8, 4) is 61.3 Å². The topological polar surface area (TPSA) is 8.17 Å². The zero-order valence-corrected chi connectivity index (χ0v) is 41.3. The van der Waals surface area contributed by atoms with E-state index < -0.39 is 5.41 Å². The van der Waals surface area contributed by atoms with Gasteiger partial charge in [0.15, 0.2) is 0 Å². The predicted molar refractivity (Wildman–Crippen MR) is 315 cm³/mol. The summed E-state index contributed by atoms with van der Waals surface area (Å²) < 4.78 is 2.44. The van der Waals surface area contributed by atoms with E-state index in [4.69, 9.17) is 0 Å². The van der Waals surface area contributed by atoms with E-state index in [2.05, 4.69) is 313 Å². The van der Waals surface area contributed by atoms with Crippen molar-refractivity contribution in [1.29, 1.82) is 0 Å². The number of anilines is 3. The average Bonchev–Trinajstić information content (AvgIpc) is 3.99. The number of benzene rings is 12. The van der Waals surface area contributed by atoms with Crippen LogP contribution >= 0.6 is 0 Å². The highest BCUT2D eigenvalue weighted by Gasteiger charge is 2.46. The Morgan fingerprint density at radius 2 is 0.720 bits per heavy atom. The van der Waals surface area contributed by atoms with Gasteiger partial charge in [-0.3, -0.25) is 0 Å². The fourth-order valence-corrected chi connectivity index (χ4v) is 12.1. The summed E-state index contributed by atoms with van der Waals surface area (Å²) in [6, 6.07) is 111. The molecule has 0 aliphatic heterocycles. The quantitative estimate of drug-likeness (QED) is 0.133. The van der Waals surface area contributed by atoms with Gasteiger partial charge in [-0.1, -0.05) is 224 Å². The molecule has 0 fully saturated rings. The molecule has 1 heterocycles. The standard InChI is InChI=1S/C73H50N2/c1-6-22-51(23-7-1)57-45-58(52-24-8-2-9-25-52)48-64(47-57)75-71-39-19-17-37-67(71)68-49-56(40-43-72(68)75)54-27-20-26-53(44-54)55-28-21-35-62(46-55)74(61-33-14-5-15-34-61)63-41-42-66-65-36-16-18-38-69(65)73(70(66)50-63,59-29-10-3-11-30-59)60-31-12-4-13-32-60/h1-50H. The van der Waals surface area contributed by atoms with E-state index in [0.29, 0.717) is 0 Å². The van der Waals surface area contributed by atoms with Crippen molar-refractivity contribution < 1.29 is 0 Å². The van der Waals surface area contributed by atoms with Crippen molar-refractivity contribution in [2.75, 3.05) is 4.90 Å². The molecule has 0 spiro atoms. The normalized spacial score (nSPS) is 12.4. The lowest BCUT2D eigenvalue weighted by molar-refractivity contribution is 0.768. The van der Waals surface area contributed by atoms with Gasteiger partial charge in [0.2, 0.25) is 0 Å². The lowest BCUT2D eigenvalue weighted by atomic mass is 9.67. The van der Waals surface area contributed by atoms with Crippen LogP contribution in [0.25, 0.3) is 83.1 Å². The zero-order valence-electron chi connectivity index (χ0n) is 41.3. The molecule has 14 rings (SSSR count). The van der Waals surface area contributed by atoms with Gasteiger partial charge in [-0.15, -0.1) is 0 Å². The third-order valence-corrected chi connectivity index (χ3v) is 15.4. The minimum absolute atomic E-state index is 0.508. The van der Waals surface area contributed by atoms with Crippen molar-refractivity contribution in [2.45, 2.75) is 5.41 Å².